The maximum absolute atomic E-state index is 10.5. The third-order valence-corrected chi connectivity index (χ3v) is 5.28. The first kappa shape index (κ1) is 23.4. The van der Waals surface area contributed by atoms with Gasteiger partial charge in [0.05, 0.1) is 12.2 Å². The summed E-state index contributed by atoms with van der Waals surface area (Å²) in [6.07, 6.45) is 16.9. The second-order valence-electron chi connectivity index (χ2n) is 7.52. The van der Waals surface area contributed by atoms with E-state index in [2.05, 4.69) is 5.92 Å². The summed E-state index contributed by atoms with van der Waals surface area (Å²) in [7, 11) is 0. The summed E-state index contributed by atoms with van der Waals surface area (Å²) < 4.78 is 0. The van der Waals surface area contributed by atoms with E-state index >= 15 is 0 Å². The van der Waals surface area contributed by atoms with Crippen molar-refractivity contribution in [3.05, 3.63) is 24.3 Å². The first-order chi connectivity index (χ1) is 12.8. The highest BCUT2D eigenvalue weighted by molar-refractivity contribution is 5.66. The summed E-state index contributed by atoms with van der Waals surface area (Å²) in [5.41, 5.74) is -1.16. The predicted octanol–water partition coefficient (Wildman–Crippen LogP) is 3.05. The van der Waals surface area contributed by atoms with E-state index in [1.54, 1.807) is 0 Å². The Morgan fingerprint density at radius 1 is 1.22 bits per heavy atom. The maximum atomic E-state index is 10.5. The topological polar surface area (TPSA) is 98.0 Å². The predicted molar refractivity (Wildman–Crippen MR) is 106 cm³/mol. The number of hydrogen-bond acceptors (Lipinski definition) is 4. The van der Waals surface area contributed by atoms with Gasteiger partial charge in [-0.15, -0.1) is 6.42 Å². The third kappa shape index (κ3) is 8.30. The quantitative estimate of drug-likeness (QED) is 0.238. The van der Waals surface area contributed by atoms with Crippen molar-refractivity contribution >= 4 is 5.97 Å². The molecule has 5 nitrogen and oxygen atoms in total. The van der Waals surface area contributed by atoms with Crippen molar-refractivity contribution in [2.75, 3.05) is 0 Å². The van der Waals surface area contributed by atoms with Gasteiger partial charge in [0.2, 0.25) is 0 Å². The van der Waals surface area contributed by atoms with Gasteiger partial charge in [0, 0.05) is 25.2 Å². The molecular formula is C22H34O5. The molecule has 0 aromatic carbocycles. The molecule has 5 atom stereocenters. The summed E-state index contributed by atoms with van der Waals surface area (Å²) >= 11 is 0. The van der Waals surface area contributed by atoms with Crippen LogP contribution in [0.25, 0.3) is 0 Å². The number of carboxylic acids is 1. The lowest BCUT2D eigenvalue weighted by Crippen LogP contribution is -2.25. The lowest BCUT2D eigenvalue weighted by atomic mass is 9.88. The highest BCUT2D eigenvalue weighted by Gasteiger charge is 2.39. The number of terminal acetylenes is 1. The first-order valence-corrected chi connectivity index (χ1v) is 9.92. The van der Waals surface area contributed by atoms with Gasteiger partial charge >= 0.3 is 5.97 Å². The Morgan fingerprint density at radius 2 is 1.96 bits per heavy atom. The van der Waals surface area contributed by atoms with Crippen molar-refractivity contribution in [3.8, 4) is 12.3 Å². The van der Waals surface area contributed by atoms with Gasteiger partial charge in [-0.25, -0.2) is 0 Å². The SMILES string of the molecule is C#CC(O)(CC=C[C@@H]1[C@@H](CC=CCCCC(=O)O)[C@H](O)C[C@H]1O)CCCC. The van der Waals surface area contributed by atoms with Crippen LogP contribution in [0, 0.1) is 24.2 Å². The van der Waals surface area contributed by atoms with Crippen molar-refractivity contribution in [3.63, 3.8) is 0 Å². The molecule has 0 bridgehead atoms. The fourth-order valence-electron chi connectivity index (χ4n) is 3.57. The monoisotopic (exact) mass is 378 g/mol. The van der Waals surface area contributed by atoms with E-state index in [0.717, 1.165) is 12.8 Å². The highest BCUT2D eigenvalue weighted by Crippen LogP contribution is 2.36. The zero-order valence-corrected chi connectivity index (χ0v) is 16.3. The molecule has 1 aliphatic rings. The number of aliphatic hydroxyl groups is 3. The normalized spacial score (nSPS) is 27.8. The van der Waals surface area contributed by atoms with Gasteiger partial charge in [0.15, 0.2) is 0 Å². The van der Waals surface area contributed by atoms with Crippen LogP contribution in [0.15, 0.2) is 24.3 Å². The van der Waals surface area contributed by atoms with Crippen molar-refractivity contribution < 1.29 is 25.2 Å². The fraction of sp³-hybridized carbons (Fsp3) is 0.682. The molecule has 4 N–H and O–H groups in total. The molecule has 1 rings (SSSR count). The van der Waals surface area contributed by atoms with Gasteiger partial charge in [-0.1, -0.05) is 43.6 Å². The van der Waals surface area contributed by atoms with Crippen LogP contribution in [0.1, 0.15) is 64.7 Å². The molecule has 0 spiro atoms. The van der Waals surface area contributed by atoms with Crippen LogP contribution in [0.5, 0.6) is 0 Å². The average Bonchev–Trinajstić information content (AvgIpc) is 2.89. The van der Waals surface area contributed by atoms with E-state index < -0.39 is 23.8 Å². The summed E-state index contributed by atoms with van der Waals surface area (Å²) in [4.78, 5) is 10.5. The lowest BCUT2D eigenvalue weighted by Gasteiger charge is -2.22. The van der Waals surface area contributed by atoms with E-state index in [1.165, 1.54) is 0 Å². The molecule has 0 aromatic rings. The van der Waals surface area contributed by atoms with Crippen LogP contribution in [0.2, 0.25) is 0 Å². The molecular weight excluding hydrogens is 344 g/mol. The Morgan fingerprint density at radius 3 is 2.59 bits per heavy atom. The second-order valence-corrected chi connectivity index (χ2v) is 7.52. The Labute approximate surface area is 162 Å². The van der Waals surface area contributed by atoms with Crippen molar-refractivity contribution in [2.45, 2.75) is 82.5 Å². The number of carbonyl (C=O) groups is 1. The number of hydrogen-bond donors (Lipinski definition) is 4. The molecule has 1 unspecified atom stereocenters. The number of rotatable bonds is 12. The molecule has 27 heavy (non-hydrogen) atoms. The summed E-state index contributed by atoms with van der Waals surface area (Å²) in [6.45, 7) is 2.04. The summed E-state index contributed by atoms with van der Waals surface area (Å²) in [5, 5.41) is 39.5. The zero-order chi connectivity index (χ0) is 20.3. The van der Waals surface area contributed by atoms with Gasteiger partial charge in [-0.05, 0) is 38.0 Å². The molecule has 1 saturated carbocycles. The van der Waals surface area contributed by atoms with Crippen LogP contribution in [-0.4, -0.2) is 44.2 Å². The standard InChI is InChI=1S/C22H34O5/c1-3-5-14-22(27,4-2)15-10-12-18-17(19(23)16-20(18)24)11-8-6-7-9-13-21(25)26/h2,6,8,10,12,17-20,23-24,27H,3,5,7,9,11,13-16H2,1H3,(H,25,26)/t17-,18-,19-,20-,22?/m1/s1. The van der Waals surface area contributed by atoms with Gasteiger partial charge in [-0.2, -0.15) is 0 Å². The Balaban J connectivity index is 2.58. The molecule has 1 fully saturated rings. The molecule has 0 aliphatic heterocycles. The average molecular weight is 379 g/mol. The van der Waals surface area contributed by atoms with Gasteiger partial charge in [-0.3, -0.25) is 4.79 Å². The summed E-state index contributed by atoms with van der Waals surface area (Å²) in [5.74, 6) is 1.39. The van der Waals surface area contributed by atoms with Crippen LogP contribution >= 0.6 is 0 Å². The molecule has 152 valence electrons. The number of allylic oxidation sites excluding steroid dienone is 2. The molecule has 1 aliphatic carbocycles. The van der Waals surface area contributed by atoms with Gasteiger partial charge in [0.1, 0.15) is 5.60 Å². The number of carboxylic acid groups (broad SMARTS) is 1. The first-order valence-electron chi connectivity index (χ1n) is 9.92. The smallest absolute Gasteiger partial charge is 0.303 e. The van der Waals surface area contributed by atoms with Crippen LogP contribution in [-0.2, 0) is 4.79 Å². The van der Waals surface area contributed by atoms with Crippen molar-refractivity contribution in [2.24, 2.45) is 11.8 Å². The van der Waals surface area contributed by atoms with Crippen molar-refractivity contribution in [1.82, 2.24) is 0 Å². The second kappa shape index (κ2) is 12.0. The van der Waals surface area contributed by atoms with Crippen molar-refractivity contribution in [1.29, 1.82) is 0 Å². The van der Waals surface area contributed by atoms with Gasteiger partial charge < -0.3 is 20.4 Å². The summed E-state index contributed by atoms with van der Waals surface area (Å²) in [6, 6.07) is 0. The van der Waals surface area contributed by atoms with E-state index in [4.69, 9.17) is 11.5 Å². The molecule has 0 aromatic heterocycles. The lowest BCUT2D eigenvalue weighted by molar-refractivity contribution is -0.137. The van der Waals surface area contributed by atoms with Gasteiger partial charge in [0.25, 0.3) is 0 Å². The minimum atomic E-state index is -1.16. The molecule has 5 heteroatoms. The Kier molecular flexibility index (Phi) is 10.4. The number of aliphatic hydroxyl groups excluding tert-OH is 2. The minimum Gasteiger partial charge on any atom is -0.481 e. The van der Waals surface area contributed by atoms with Crippen LogP contribution < -0.4 is 0 Å². The zero-order valence-electron chi connectivity index (χ0n) is 16.3. The van der Waals surface area contributed by atoms with Crippen LogP contribution in [0.4, 0.5) is 0 Å². The minimum absolute atomic E-state index is 0.0958. The Hall–Kier alpha value is -1.61. The molecule has 0 heterocycles. The van der Waals surface area contributed by atoms with E-state index in [1.807, 2.05) is 31.2 Å². The maximum Gasteiger partial charge on any atom is 0.303 e. The molecule has 0 amide bonds. The fourth-order valence-corrected chi connectivity index (χ4v) is 3.57. The van der Waals surface area contributed by atoms with E-state index in [9.17, 15) is 20.1 Å². The van der Waals surface area contributed by atoms with E-state index in [-0.39, 0.29) is 18.3 Å². The van der Waals surface area contributed by atoms with Crippen LogP contribution in [0.3, 0.4) is 0 Å². The van der Waals surface area contributed by atoms with E-state index in [0.29, 0.717) is 38.5 Å². The molecule has 0 saturated heterocycles. The Bertz CT molecular complexity index is 547. The highest BCUT2D eigenvalue weighted by atomic mass is 16.4. The number of aliphatic carboxylic acids is 1. The number of unbranched alkanes of at least 4 members (excludes halogenated alkanes) is 2. The third-order valence-electron chi connectivity index (χ3n) is 5.28. The largest absolute Gasteiger partial charge is 0.481 e. The molecule has 0 radical (unpaired) electrons.